The van der Waals surface area contributed by atoms with E-state index in [4.69, 9.17) is 0 Å². The Balaban J connectivity index is 1.81. The number of halogens is 4. The zero-order chi connectivity index (χ0) is 23.8. The molecule has 172 valence electrons. The lowest BCUT2D eigenvalue weighted by molar-refractivity contribution is -0.137. The van der Waals surface area contributed by atoms with E-state index in [9.17, 15) is 32.3 Å². The van der Waals surface area contributed by atoms with Crippen molar-refractivity contribution in [2.45, 2.75) is 25.1 Å². The van der Waals surface area contributed by atoms with Crippen LogP contribution in [0.2, 0.25) is 0 Å². The van der Waals surface area contributed by atoms with E-state index in [0.717, 1.165) is 35.7 Å². The molecule has 0 unspecified atom stereocenters. The molecule has 0 saturated heterocycles. The predicted octanol–water partition coefficient (Wildman–Crippen LogP) is 3.56. The van der Waals surface area contributed by atoms with Gasteiger partial charge in [-0.1, -0.05) is 18.2 Å². The van der Waals surface area contributed by atoms with Gasteiger partial charge in [0.2, 0.25) is 0 Å². The molecule has 1 aliphatic rings. The second kappa shape index (κ2) is 8.78. The number of rotatable bonds is 6. The Morgan fingerprint density at radius 2 is 1.85 bits per heavy atom. The highest BCUT2D eigenvalue weighted by molar-refractivity contribution is 5.95. The minimum Gasteiger partial charge on any atom is -0.394 e. The van der Waals surface area contributed by atoms with Crippen LogP contribution >= 0.6 is 0 Å². The molecule has 10 heteroatoms. The summed E-state index contributed by atoms with van der Waals surface area (Å²) in [6, 6.07) is 9.72. The minimum atomic E-state index is -4.53. The van der Waals surface area contributed by atoms with Crippen molar-refractivity contribution in [3.05, 3.63) is 81.9 Å². The summed E-state index contributed by atoms with van der Waals surface area (Å²) in [7, 11) is 0. The Bertz CT molecular complexity index is 1230. The molecule has 2 N–H and O–H groups in total. The normalized spacial score (nSPS) is 14.7. The first-order valence-corrected chi connectivity index (χ1v) is 10.2. The van der Waals surface area contributed by atoms with Crippen molar-refractivity contribution in [1.29, 1.82) is 0 Å². The van der Waals surface area contributed by atoms with Crippen LogP contribution in [0.1, 0.15) is 28.8 Å². The summed E-state index contributed by atoms with van der Waals surface area (Å²) in [4.78, 5) is 26.0. The number of nitrogens with one attached hydrogen (secondary N) is 1. The largest absolute Gasteiger partial charge is 0.416 e. The molecular formula is C23H19F4N3O3. The number of hydrogen-bond donors (Lipinski definition) is 2. The predicted molar refractivity (Wildman–Crippen MR) is 111 cm³/mol. The summed E-state index contributed by atoms with van der Waals surface area (Å²) >= 11 is 0. The van der Waals surface area contributed by atoms with Gasteiger partial charge in [0.1, 0.15) is 11.4 Å². The number of aliphatic hydroxyl groups is 1. The molecule has 1 aromatic heterocycles. The van der Waals surface area contributed by atoms with Crippen LogP contribution in [0.5, 0.6) is 0 Å². The van der Waals surface area contributed by atoms with Crippen molar-refractivity contribution in [2.24, 2.45) is 5.92 Å². The highest BCUT2D eigenvalue weighted by atomic mass is 19.4. The third-order valence-corrected chi connectivity index (χ3v) is 5.42. The van der Waals surface area contributed by atoms with E-state index < -0.39 is 35.1 Å². The van der Waals surface area contributed by atoms with Gasteiger partial charge in [-0.3, -0.25) is 9.59 Å². The number of aromatic nitrogens is 2. The van der Waals surface area contributed by atoms with E-state index in [-0.39, 0.29) is 35.0 Å². The molecule has 1 fully saturated rings. The zero-order valence-corrected chi connectivity index (χ0v) is 17.1. The smallest absolute Gasteiger partial charge is 0.394 e. The van der Waals surface area contributed by atoms with Gasteiger partial charge in [0.05, 0.1) is 29.6 Å². The Labute approximate surface area is 185 Å². The maximum absolute atomic E-state index is 13.8. The van der Waals surface area contributed by atoms with Gasteiger partial charge in [-0.2, -0.15) is 23.0 Å². The first kappa shape index (κ1) is 22.7. The van der Waals surface area contributed by atoms with E-state index in [1.165, 1.54) is 36.4 Å². The fourth-order valence-electron chi connectivity index (χ4n) is 3.47. The van der Waals surface area contributed by atoms with Crippen LogP contribution in [0.3, 0.4) is 0 Å². The topological polar surface area (TPSA) is 84.2 Å². The molecule has 6 nitrogen and oxygen atoms in total. The Morgan fingerprint density at radius 3 is 2.42 bits per heavy atom. The van der Waals surface area contributed by atoms with Gasteiger partial charge >= 0.3 is 6.18 Å². The lowest BCUT2D eigenvalue weighted by Crippen LogP contribution is -2.42. The maximum atomic E-state index is 13.8. The van der Waals surface area contributed by atoms with Gasteiger partial charge in [0, 0.05) is 5.56 Å². The Morgan fingerprint density at radius 1 is 1.15 bits per heavy atom. The quantitative estimate of drug-likeness (QED) is 0.550. The van der Waals surface area contributed by atoms with E-state index in [2.05, 4.69) is 10.4 Å². The molecule has 33 heavy (non-hydrogen) atoms. The maximum Gasteiger partial charge on any atom is 0.416 e. The van der Waals surface area contributed by atoms with Crippen molar-refractivity contribution in [2.75, 3.05) is 6.61 Å². The summed E-state index contributed by atoms with van der Waals surface area (Å²) in [6.07, 6.45) is -2.85. The minimum absolute atomic E-state index is 0.0451. The number of carbonyl (C=O) groups excluding carboxylic acids is 1. The first-order chi connectivity index (χ1) is 15.7. The summed E-state index contributed by atoms with van der Waals surface area (Å²) in [5.41, 5.74) is -1.71. The summed E-state index contributed by atoms with van der Waals surface area (Å²) < 4.78 is 53.4. The Hall–Kier alpha value is -3.53. The van der Waals surface area contributed by atoms with E-state index in [1.54, 1.807) is 0 Å². The number of hydrogen-bond acceptors (Lipinski definition) is 4. The molecule has 1 amide bonds. The van der Waals surface area contributed by atoms with Crippen LogP contribution in [0.25, 0.3) is 16.9 Å². The second-order valence-electron chi connectivity index (χ2n) is 7.82. The fraction of sp³-hybridized carbons (Fsp3) is 0.261. The van der Waals surface area contributed by atoms with Crippen LogP contribution in [0.4, 0.5) is 17.6 Å². The molecule has 0 aliphatic heterocycles. The average Bonchev–Trinajstić information content (AvgIpc) is 3.62. The molecule has 1 atom stereocenters. The summed E-state index contributed by atoms with van der Waals surface area (Å²) in [6.45, 7) is -0.300. The molecule has 0 bridgehead atoms. The van der Waals surface area contributed by atoms with Crippen LogP contribution in [0, 0.1) is 11.7 Å². The molecule has 1 saturated carbocycles. The molecule has 0 radical (unpaired) electrons. The summed E-state index contributed by atoms with van der Waals surface area (Å²) in [5, 5.41) is 16.3. The molecule has 3 aromatic rings. The van der Waals surface area contributed by atoms with Crippen molar-refractivity contribution in [1.82, 2.24) is 15.1 Å². The average molecular weight is 461 g/mol. The van der Waals surface area contributed by atoms with E-state index >= 15 is 0 Å². The standard InChI is InChI=1S/C23H19F4N3O3/c24-16-2-1-3-17(10-16)30-22(33)18(21(32)28-20(12-31)14-4-5-14)11-19(29-30)13-6-8-15(9-7-13)23(25,26)27/h1-3,6-11,14,20,31H,4-5,12H2,(H,28,32)/t20-/m1/s1. The summed E-state index contributed by atoms with van der Waals surface area (Å²) in [5.74, 6) is -1.28. The van der Waals surface area contributed by atoms with Crippen LogP contribution in [-0.2, 0) is 6.18 Å². The van der Waals surface area contributed by atoms with E-state index in [0.29, 0.717) is 0 Å². The number of aliphatic hydroxyl groups excluding tert-OH is 1. The Kier molecular flexibility index (Phi) is 6.03. The first-order valence-electron chi connectivity index (χ1n) is 10.2. The number of alkyl halides is 3. The van der Waals surface area contributed by atoms with Crippen LogP contribution in [-0.4, -0.2) is 33.4 Å². The highest BCUT2D eigenvalue weighted by Gasteiger charge is 2.33. The zero-order valence-electron chi connectivity index (χ0n) is 17.1. The van der Waals surface area contributed by atoms with Gasteiger partial charge in [-0.25, -0.2) is 4.39 Å². The van der Waals surface area contributed by atoms with Crippen molar-refractivity contribution >= 4 is 5.91 Å². The lowest BCUT2D eigenvalue weighted by Gasteiger charge is -2.16. The molecule has 4 rings (SSSR count). The van der Waals surface area contributed by atoms with Crippen molar-refractivity contribution < 1.29 is 27.5 Å². The molecule has 2 aromatic carbocycles. The van der Waals surface area contributed by atoms with Gasteiger partial charge < -0.3 is 10.4 Å². The second-order valence-corrected chi connectivity index (χ2v) is 7.82. The third kappa shape index (κ3) is 4.95. The number of carbonyl (C=O) groups is 1. The SMILES string of the molecule is O=C(N[C@H](CO)C1CC1)c1cc(-c2ccc(C(F)(F)F)cc2)nn(-c2cccc(F)c2)c1=O. The van der Waals surface area contributed by atoms with Crippen molar-refractivity contribution in [3.8, 4) is 16.9 Å². The molecule has 1 aliphatic carbocycles. The van der Waals surface area contributed by atoms with Crippen molar-refractivity contribution in [3.63, 3.8) is 0 Å². The third-order valence-electron chi connectivity index (χ3n) is 5.42. The van der Waals surface area contributed by atoms with Gasteiger partial charge in [0.15, 0.2) is 0 Å². The van der Waals surface area contributed by atoms with Crippen LogP contribution < -0.4 is 10.9 Å². The van der Waals surface area contributed by atoms with E-state index in [1.807, 2.05) is 0 Å². The number of nitrogens with zero attached hydrogens (tertiary/aromatic N) is 2. The fourth-order valence-corrected chi connectivity index (χ4v) is 3.47. The molecule has 0 spiro atoms. The lowest BCUT2D eigenvalue weighted by atomic mass is 10.1. The molecule has 1 heterocycles. The van der Waals surface area contributed by atoms with Gasteiger partial charge in [-0.15, -0.1) is 0 Å². The van der Waals surface area contributed by atoms with Gasteiger partial charge in [0.25, 0.3) is 11.5 Å². The van der Waals surface area contributed by atoms with Gasteiger partial charge in [-0.05, 0) is 55.2 Å². The number of benzene rings is 2. The van der Waals surface area contributed by atoms with Crippen LogP contribution in [0.15, 0.2) is 59.4 Å². The monoisotopic (exact) mass is 461 g/mol. The highest BCUT2D eigenvalue weighted by Crippen LogP contribution is 2.33. The molecular weight excluding hydrogens is 442 g/mol. The number of amides is 1.